The monoisotopic (exact) mass is 453 g/mol. The summed E-state index contributed by atoms with van der Waals surface area (Å²) in [4.78, 5) is 38.0. The van der Waals surface area contributed by atoms with Crippen molar-refractivity contribution in [1.82, 2.24) is 29.7 Å². The summed E-state index contributed by atoms with van der Waals surface area (Å²) in [6.07, 6.45) is 5.56. The Hall–Kier alpha value is -3.39. The molecule has 4 N–H and O–H groups in total. The lowest BCUT2D eigenvalue weighted by Crippen LogP contribution is -2.37. The van der Waals surface area contributed by atoms with E-state index in [1.165, 1.54) is 4.90 Å². The number of hydrogen-bond acceptors (Lipinski definition) is 7. The molecule has 0 bridgehead atoms. The van der Waals surface area contributed by atoms with Crippen LogP contribution in [0.1, 0.15) is 57.0 Å². The molecule has 4 heterocycles. The lowest BCUT2D eigenvalue weighted by Gasteiger charge is -2.28. The Morgan fingerprint density at radius 1 is 1.18 bits per heavy atom. The summed E-state index contributed by atoms with van der Waals surface area (Å²) in [5, 5.41) is 12.0. The molecular formula is C22H27N7O4. The maximum Gasteiger partial charge on any atom is 0.407 e. The van der Waals surface area contributed by atoms with Gasteiger partial charge in [-0.3, -0.25) is 9.36 Å². The Kier molecular flexibility index (Phi) is 5.76. The lowest BCUT2D eigenvalue weighted by atomic mass is 9.94. The average Bonchev–Trinajstić information content (AvgIpc) is 3.30. The second kappa shape index (κ2) is 8.86. The average molecular weight is 454 g/mol. The number of carbonyl (C=O) groups excluding carboxylic acids is 1. The highest BCUT2D eigenvalue weighted by Crippen LogP contribution is 2.32. The third-order valence-electron chi connectivity index (χ3n) is 6.45. The van der Waals surface area contributed by atoms with Gasteiger partial charge in [0.1, 0.15) is 17.8 Å². The smallest absolute Gasteiger partial charge is 0.407 e. The van der Waals surface area contributed by atoms with Gasteiger partial charge in [-0.25, -0.2) is 19.7 Å². The Bertz CT molecular complexity index is 1120. The Labute approximate surface area is 190 Å². The minimum atomic E-state index is -0.866. The van der Waals surface area contributed by atoms with Crippen LogP contribution in [0.4, 0.5) is 10.6 Å². The molecule has 2 saturated heterocycles. The van der Waals surface area contributed by atoms with E-state index in [0.29, 0.717) is 61.3 Å². The topological polar surface area (TPSA) is 148 Å². The molecule has 5 rings (SSSR count). The molecule has 11 heteroatoms. The number of carbonyl (C=O) groups is 2. The molecule has 3 aliphatic rings. The highest BCUT2D eigenvalue weighted by Gasteiger charge is 2.35. The van der Waals surface area contributed by atoms with E-state index in [-0.39, 0.29) is 18.0 Å². The van der Waals surface area contributed by atoms with Crippen LogP contribution in [0.5, 0.6) is 0 Å². The van der Waals surface area contributed by atoms with Crippen molar-refractivity contribution >= 4 is 29.0 Å². The fourth-order valence-corrected chi connectivity index (χ4v) is 4.35. The van der Waals surface area contributed by atoms with Crippen molar-refractivity contribution in [3.8, 4) is 11.8 Å². The summed E-state index contributed by atoms with van der Waals surface area (Å²) in [5.41, 5.74) is 7.12. The zero-order chi connectivity index (χ0) is 22.9. The van der Waals surface area contributed by atoms with E-state index in [1.807, 2.05) is 0 Å². The van der Waals surface area contributed by atoms with E-state index < -0.39 is 12.2 Å². The molecule has 2 unspecified atom stereocenters. The van der Waals surface area contributed by atoms with Gasteiger partial charge in [0.05, 0.1) is 6.33 Å². The first-order valence-corrected chi connectivity index (χ1v) is 11.4. The number of imidazole rings is 1. The number of piperidine rings is 1. The van der Waals surface area contributed by atoms with E-state index in [0.717, 1.165) is 25.7 Å². The summed E-state index contributed by atoms with van der Waals surface area (Å²) in [5.74, 6) is 6.97. The minimum Gasteiger partial charge on any atom is -0.465 e. The molecule has 33 heavy (non-hydrogen) atoms. The van der Waals surface area contributed by atoms with Crippen molar-refractivity contribution in [1.29, 1.82) is 0 Å². The summed E-state index contributed by atoms with van der Waals surface area (Å²) >= 11 is 0. The van der Waals surface area contributed by atoms with Crippen LogP contribution >= 0.6 is 0 Å². The maximum atomic E-state index is 12.3. The molecule has 1 aliphatic carbocycles. The Morgan fingerprint density at radius 3 is 2.70 bits per heavy atom. The molecule has 11 nitrogen and oxygen atoms in total. The van der Waals surface area contributed by atoms with Gasteiger partial charge >= 0.3 is 6.09 Å². The molecule has 2 aromatic rings. The van der Waals surface area contributed by atoms with Crippen LogP contribution in [-0.4, -0.2) is 66.8 Å². The van der Waals surface area contributed by atoms with Crippen molar-refractivity contribution in [3.05, 3.63) is 12.2 Å². The third-order valence-corrected chi connectivity index (χ3v) is 6.45. The molecule has 2 atom stereocenters. The predicted molar refractivity (Wildman–Crippen MR) is 118 cm³/mol. The number of carboxylic acid groups (broad SMARTS) is 1. The van der Waals surface area contributed by atoms with E-state index in [9.17, 15) is 9.59 Å². The van der Waals surface area contributed by atoms with Gasteiger partial charge in [-0.15, -0.1) is 0 Å². The number of nitrogens with one attached hydrogen (secondary N) is 1. The van der Waals surface area contributed by atoms with Crippen molar-refractivity contribution < 1.29 is 19.4 Å². The number of nitrogens with zero attached hydrogens (tertiary/aromatic N) is 5. The fourth-order valence-electron chi connectivity index (χ4n) is 4.35. The number of aromatic nitrogens is 4. The van der Waals surface area contributed by atoms with Gasteiger partial charge in [0.25, 0.3) is 0 Å². The maximum absolute atomic E-state index is 12.3. The zero-order valence-corrected chi connectivity index (χ0v) is 18.2. The summed E-state index contributed by atoms with van der Waals surface area (Å²) in [7, 11) is 0. The highest BCUT2D eigenvalue weighted by molar-refractivity contribution is 5.83. The SMILES string of the molecule is Nc1nc(C#CCC2CCN(C(=O)O)CC2)nc2c1ncn2C1CCC(C(=O)NC2CC2)O1. The summed E-state index contributed by atoms with van der Waals surface area (Å²) in [6, 6.07) is 0.299. The van der Waals surface area contributed by atoms with Crippen LogP contribution in [0.25, 0.3) is 11.2 Å². The summed E-state index contributed by atoms with van der Waals surface area (Å²) < 4.78 is 7.79. The highest BCUT2D eigenvalue weighted by atomic mass is 16.5. The van der Waals surface area contributed by atoms with E-state index in [1.54, 1.807) is 10.9 Å². The minimum absolute atomic E-state index is 0.0562. The second-order valence-corrected chi connectivity index (χ2v) is 8.91. The van der Waals surface area contributed by atoms with Gasteiger partial charge in [-0.2, -0.15) is 0 Å². The van der Waals surface area contributed by atoms with Crippen molar-refractivity contribution in [2.75, 3.05) is 18.8 Å². The van der Waals surface area contributed by atoms with E-state index in [4.69, 9.17) is 15.6 Å². The Morgan fingerprint density at radius 2 is 1.97 bits per heavy atom. The molecule has 1 saturated carbocycles. The van der Waals surface area contributed by atoms with Gasteiger partial charge in [-0.1, -0.05) is 5.92 Å². The molecule has 0 aromatic carbocycles. The number of hydrogen-bond donors (Lipinski definition) is 3. The van der Waals surface area contributed by atoms with Gasteiger partial charge in [0, 0.05) is 25.6 Å². The molecule has 3 fully saturated rings. The Balaban J connectivity index is 1.26. The van der Waals surface area contributed by atoms with Crippen LogP contribution in [0.15, 0.2) is 6.33 Å². The fraction of sp³-hybridized carbons (Fsp3) is 0.591. The number of likely N-dealkylation sites (tertiary alicyclic amines) is 1. The first-order valence-electron chi connectivity index (χ1n) is 11.4. The number of nitrogen functional groups attached to an aromatic ring is 1. The molecule has 2 aliphatic heterocycles. The van der Waals surface area contributed by atoms with Crippen LogP contribution in [-0.2, 0) is 9.53 Å². The van der Waals surface area contributed by atoms with Crippen molar-refractivity contribution in [2.45, 2.75) is 63.3 Å². The lowest BCUT2D eigenvalue weighted by molar-refractivity contribution is -0.134. The summed E-state index contributed by atoms with van der Waals surface area (Å²) in [6.45, 7) is 1.08. The standard InChI is InChI=1S/C22H27N7O4/c23-19-18-20(27-16(26-19)3-1-2-13-8-10-28(11-9-13)22(31)32)29(12-24-18)17-7-6-15(33-17)21(30)25-14-4-5-14/h12-15,17H,2,4-11H2,(H,25,30)(H,31,32)(H2,23,26,27). The van der Waals surface area contributed by atoms with Crippen LogP contribution < -0.4 is 11.1 Å². The van der Waals surface area contributed by atoms with Crippen LogP contribution in [0, 0.1) is 17.8 Å². The van der Waals surface area contributed by atoms with Gasteiger partial charge in [0.15, 0.2) is 11.5 Å². The molecule has 0 spiro atoms. The van der Waals surface area contributed by atoms with Gasteiger partial charge in [-0.05, 0) is 50.4 Å². The quantitative estimate of drug-likeness (QED) is 0.590. The largest absolute Gasteiger partial charge is 0.465 e. The normalized spacial score (nSPS) is 23.3. The molecule has 2 amide bonds. The predicted octanol–water partition coefficient (Wildman–Crippen LogP) is 1.50. The number of amides is 2. The van der Waals surface area contributed by atoms with E-state index in [2.05, 4.69) is 32.1 Å². The van der Waals surface area contributed by atoms with Gasteiger partial charge in [0.2, 0.25) is 11.7 Å². The van der Waals surface area contributed by atoms with Crippen LogP contribution in [0.2, 0.25) is 0 Å². The van der Waals surface area contributed by atoms with Crippen LogP contribution in [0.3, 0.4) is 0 Å². The first-order chi connectivity index (χ1) is 16.0. The van der Waals surface area contributed by atoms with Crippen molar-refractivity contribution in [2.24, 2.45) is 5.92 Å². The first kappa shape index (κ1) is 21.5. The number of fused-ring (bicyclic) bond motifs is 1. The molecular weight excluding hydrogens is 426 g/mol. The zero-order valence-electron chi connectivity index (χ0n) is 18.2. The van der Waals surface area contributed by atoms with E-state index >= 15 is 0 Å². The second-order valence-electron chi connectivity index (χ2n) is 8.91. The molecule has 2 aromatic heterocycles. The third kappa shape index (κ3) is 4.71. The number of ether oxygens (including phenoxy) is 1. The van der Waals surface area contributed by atoms with Gasteiger partial charge < -0.3 is 25.8 Å². The van der Waals surface area contributed by atoms with Crippen molar-refractivity contribution in [3.63, 3.8) is 0 Å². The molecule has 0 radical (unpaired) electrons. The number of nitrogens with two attached hydrogens (primary N) is 1. The molecule has 174 valence electrons. The number of anilines is 1. The number of rotatable bonds is 4.